The van der Waals surface area contributed by atoms with E-state index in [0.29, 0.717) is 17.9 Å². The quantitative estimate of drug-likeness (QED) is 0.743. The molecule has 3 N–H and O–H groups in total. The predicted molar refractivity (Wildman–Crippen MR) is 83.2 cm³/mol. The molecule has 1 aromatic heterocycles. The zero-order valence-electron chi connectivity index (χ0n) is 13.1. The number of amides is 2. The number of hydrogen-bond acceptors (Lipinski definition) is 4. The summed E-state index contributed by atoms with van der Waals surface area (Å²) >= 11 is 0. The van der Waals surface area contributed by atoms with Crippen LogP contribution in [-0.2, 0) is 4.79 Å². The summed E-state index contributed by atoms with van der Waals surface area (Å²) in [6.45, 7) is 8.76. The van der Waals surface area contributed by atoms with Gasteiger partial charge in [0.2, 0.25) is 5.91 Å². The van der Waals surface area contributed by atoms with Gasteiger partial charge in [-0.15, -0.1) is 0 Å². The van der Waals surface area contributed by atoms with E-state index in [1.54, 1.807) is 18.3 Å². The van der Waals surface area contributed by atoms with E-state index < -0.39 is 0 Å². The van der Waals surface area contributed by atoms with Gasteiger partial charge in [-0.05, 0) is 39.8 Å². The van der Waals surface area contributed by atoms with E-state index >= 15 is 0 Å². The number of hydrogen-bond donors (Lipinski definition) is 3. The Morgan fingerprint density at radius 2 is 2.00 bits per heavy atom. The number of pyridine rings is 1. The summed E-state index contributed by atoms with van der Waals surface area (Å²) in [6, 6.07) is 3.33. The van der Waals surface area contributed by atoms with Crippen LogP contribution in [0, 0.1) is 0 Å². The van der Waals surface area contributed by atoms with Crippen LogP contribution in [0.15, 0.2) is 18.3 Å². The maximum absolute atomic E-state index is 12.0. The molecule has 0 spiro atoms. The van der Waals surface area contributed by atoms with Crippen molar-refractivity contribution in [2.45, 2.75) is 39.7 Å². The fourth-order valence-electron chi connectivity index (χ4n) is 1.72. The highest BCUT2D eigenvalue weighted by molar-refractivity contribution is 5.95. The van der Waals surface area contributed by atoms with Crippen molar-refractivity contribution in [1.82, 2.24) is 15.6 Å². The summed E-state index contributed by atoms with van der Waals surface area (Å²) in [5.74, 6) is 0.376. The van der Waals surface area contributed by atoms with Gasteiger partial charge in [0, 0.05) is 36.8 Å². The number of rotatable bonds is 6. The Morgan fingerprint density at radius 1 is 1.29 bits per heavy atom. The molecule has 1 rings (SSSR count). The summed E-state index contributed by atoms with van der Waals surface area (Å²) in [6.07, 6.45) is 1.84. The van der Waals surface area contributed by atoms with Crippen LogP contribution in [0.4, 0.5) is 5.82 Å². The van der Waals surface area contributed by atoms with Crippen molar-refractivity contribution in [3.8, 4) is 0 Å². The first-order valence-corrected chi connectivity index (χ1v) is 7.11. The van der Waals surface area contributed by atoms with Gasteiger partial charge >= 0.3 is 0 Å². The smallest absolute Gasteiger partial charge is 0.251 e. The average molecular weight is 292 g/mol. The highest BCUT2D eigenvalue weighted by atomic mass is 16.2. The SMILES string of the molecule is CCNc1cc(C(=O)NCCC(=O)NC(C)(C)C)ccn1. The fourth-order valence-corrected chi connectivity index (χ4v) is 1.72. The van der Waals surface area contributed by atoms with E-state index in [2.05, 4.69) is 20.9 Å². The molecule has 0 unspecified atom stereocenters. The molecule has 0 radical (unpaired) electrons. The molecule has 0 saturated carbocycles. The first kappa shape index (κ1) is 16.9. The Balaban J connectivity index is 2.44. The van der Waals surface area contributed by atoms with Crippen molar-refractivity contribution < 1.29 is 9.59 Å². The Hall–Kier alpha value is -2.11. The van der Waals surface area contributed by atoms with Crippen LogP contribution in [0.3, 0.4) is 0 Å². The van der Waals surface area contributed by atoms with Gasteiger partial charge in [0.25, 0.3) is 5.91 Å². The van der Waals surface area contributed by atoms with Gasteiger partial charge in [0.1, 0.15) is 5.82 Å². The lowest BCUT2D eigenvalue weighted by atomic mass is 10.1. The molecule has 0 saturated heterocycles. The largest absolute Gasteiger partial charge is 0.370 e. The normalized spacial score (nSPS) is 10.9. The van der Waals surface area contributed by atoms with Crippen LogP contribution in [-0.4, -0.2) is 35.4 Å². The molecule has 0 aromatic carbocycles. The summed E-state index contributed by atoms with van der Waals surface area (Å²) in [7, 11) is 0. The van der Waals surface area contributed by atoms with Crippen LogP contribution in [0.25, 0.3) is 0 Å². The van der Waals surface area contributed by atoms with Gasteiger partial charge in [0.05, 0.1) is 0 Å². The maximum Gasteiger partial charge on any atom is 0.251 e. The van der Waals surface area contributed by atoms with E-state index in [-0.39, 0.29) is 23.8 Å². The van der Waals surface area contributed by atoms with Crippen molar-refractivity contribution in [1.29, 1.82) is 0 Å². The van der Waals surface area contributed by atoms with E-state index in [1.807, 2.05) is 27.7 Å². The van der Waals surface area contributed by atoms with E-state index in [4.69, 9.17) is 0 Å². The summed E-state index contributed by atoms with van der Waals surface area (Å²) in [4.78, 5) is 27.7. The fraction of sp³-hybridized carbons (Fsp3) is 0.533. The lowest BCUT2D eigenvalue weighted by Crippen LogP contribution is -2.42. The van der Waals surface area contributed by atoms with Crippen molar-refractivity contribution in [2.24, 2.45) is 0 Å². The van der Waals surface area contributed by atoms with E-state index in [9.17, 15) is 9.59 Å². The van der Waals surface area contributed by atoms with Crippen molar-refractivity contribution in [3.05, 3.63) is 23.9 Å². The molecule has 2 amide bonds. The highest BCUT2D eigenvalue weighted by Crippen LogP contribution is 2.06. The molecule has 0 atom stereocenters. The standard InChI is InChI=1S/C15H24N4O2/c1-5-16-12-10-11(6-8-17-12)14(21)18-9-7-13(20)19-15(2,3)4/h6,8,10H,5,7,9H2,1-4H3,(H,16,17)(H,18,21)(H,19,20). The number of nitrogens with zero attached hydrogens (tertiary/aromatic N) is 1. The molecule has 21 heavy (non-hydrogen) atoms. The highest BCUT2D eigenvalue weighted by Gasteiger charge is 2.13. The molecule has 0 aliphatic rings. The molecule has 1 heterocycles. The topological polar surface area (TPSA) is 83.1 Å². The van der Waals surface area contributed by atoms with Crippen LogP contribution < -0.4 is 16.0 Å². The lowest BCUT2D eigenvalue weighted by Gasteiger charge is -2.20. The van der Waals surface area contributed by atoms with E-state index in [1.165, 1.54) is 0 Å². The molecule has 1 aromatic rings. The second-order valence-electron chi connectivity index (χ2n) is 5.76. The van der Waals surface area contributed by atoms with Crippen LogP contribution >= 0.6 is 0 Å². The second-order valence-corrected chi connectivity index (χ2v) is 5.76. The zero-order chi connectivity index (χ0) is 15.9. The Labute approximate surface area is 125 Å². The first-order chi connectivity index (χ1) is 9.81. The maximum atomic E-state index is 12.0. The number of carbonyl (C=O) groups excluding carboxylic acids is 2. The average Bonchev–Trinajstić information content (AvgIpc) is 2.37. The van der Waals surface area contributed by atoms with Gasteiger partial charge < -0.3 is 16.0 Å². The Bertz CT molecular complexity index is 495. The van der Waals surface area contributed by atoms with Gasteiger partial charge in [-0.25, -0.2) is 4.98 Å². The minimum Gasteiger partial charge on any atom is -0.370 e. The molecular weight excluding hydrogens is 268 g/mol. The molecule has 0 bridgehead atoms. The minimum atomic E-state index is -0.257. The molecule has 6 nitrogen and oxygen atoms in total. The summed E-state index contributed by atoms with van der Waals surface area (Å²) < 4.78 is 0. The molecule has 116 valence electrons. The predicted octanol–water partition coefficient (Wildman–Crippen LogP) is 1.55. The van der Waals surface area contributed by atoms with Crippen LogP contribution in [0.1, 0.15) is 44.5 Å². The molecular formula is C15H24N4O2. The van der Waals surface area contributed by atoms with Gasteiger partial charge in [-0.3, -0.25) is 9.59 Å². The third-order valence-corrected chi connectivity index (χ3v) is 2.53. The van der Waals surface area contributed by atoms with Crippen LogP contribution in [0.5, 0.6) is 0 Å². The third-order valence-electron chi connectivity index (χ3n) is 2.53. The minimum absolute atomic E-state index is 0.0779. The van der Waals surface area contributed by atoms with Gasteiger partial charge in [-0.1, -0.05) is 0 Å². The van der Waals surface area contributed by atoms with Gasteiger partial charge in [0.15, 0.2) is 0 Å². The summed E-state index contributed by atoms with van der Waals surface area (Å²) in [5.41, 5.74) is 0.268. The monoisotopic (exact) mass is 292 g/mol. The van der Waals surface area contributed by atoms with Crippen molar-refractivity contribution in [2.75, 3.05) is 18.4 Å². The third kappa shape index (κ3) is 6.74. The van der Waals surface area contributed by atoms with E-state index in [0.717, 1.165) is 6.54 Å². The van der Waals surface area contributed by atoms with Gasteiger partial charge in [-0.2, -0.15) is 0 Å². The summed E-state index contributed by atoms with van der Waals surface area (Å²) in [5, 5.41) is 8.63. The Morgan fingerprint density at radius 3 is 2.62 bits per heavy atom. The molecule has 0 aliphatic carbocycles. The van der Waals surface area contributed by atoms with Crippen LogP contribution in [0.2, 0.25) is 0 Å². The number of anilines is 1. The zero-order valence-corrected chi connectivity index (χ0v) is 13.1. The lowest BCUT2D eigenvalue weighted by molar-refractivity contribution is -0.122. The van der Waals surface area contributed by atoms with Crippen molar-refractivity contribution in [3.63, 3.8) is 0 Å². The Kier molecular flexibility index (Phi) is 6.14. The molecule has 6 heteroatoms. The first-order valence-electron chi connectivity index (χ1n) is 7.11. The molecule has 0 aliphatic heterocycles. The number of aromatic nitrogens is 1. The number of nitrogens with one attached hydrogen (secondary N) is 3. The molecule has 0 fully saturated rings. The van der Waals surface area contributed by atoms with Crippen molar-refractivity contribution >= 4 is 17.6 Å². The second kappa shape index (κ2) is 7.61. The number of carbonyl (C=O) groups is 2.